The third-order valence-electron chi connectivity index (χ3n) is 4.75. The van der Waals surface area contributed by atoms with E-state index in [1.54, 1.807) is 0 Å². The molecule has 2 heterocycles. The third kappa shape index (κ3) is 4.03. The van der Waals surface area contributed by atoms with Crippen LogP contribution >= 0.6 is 0 Å². The van der Waals surface area contributed by atoms with Crippen LogP contribution in [0, 0.1) is 6.92 Å². The van der Waals surface area contributed by atoms with Gasteiger partial charge in [0.15, 0.2) is 0 Å². The molecule has 1 aromatic carbocycles. The van der Waals surface area contributed by atoms with Gasteiger partial charge in [0, 0.05) is 55.9 Å². The molecule has 0 spiro atoms. The fourth-order valence-corrected chi connectivity index (χ4v) is 3.45. The number of piperazine rings is 1. The molecular weight excluding hydrogens is 318 g/mol. The fourth-order valence-electron chi connectivity index (χ4n) is 3.45. The van der Waals surface area contributed by atoms with E-state index < -0.39 is 6.10 Å². The van der Waals surface area contributed by atoms with E-state index in [0.717, 1.165) is 35.2 Å². The van der Waals surface area contributed by atoms with Crippen LogP contribution in [0.5, 0.6) is 0 Å². The zero-order chi connectivity index (χ0) is 17.8. The lowest BCUT2D eigenvalue weighted by atomic mass is 10.1. The molecule has 0 radical (unpaired) electrons. The van der Waals surface area contributed by atoms with E-state index in [0.29, 0.717) is 32.8 Å². The van der Waals surface area contributed by atoms with Gasteiger partial charge < -0.3 is 19.7 Å². The normalized spacial score (nSPS) is 17.2. The fraction of sp³-hybridized carbons (Fsp3) is 0.526. The summed E-state index contributed by atoms with van der Waals surface area (Å²) in [5.74, 6) is 0.0875. The van der Waals surface area contributed by atoms with Crippen LogP contribution in [0.4, 0.5) is 0 Å². The average molecular weight is 345 g/mol. The van der Waals surface area contributed by atoms with Crippen molar-refractivity contribution in [3.8, 4) is 0 Å². The molecule has 136 valence electrons. The Morgan fingerprint density at radius 3 is 2.72 bits per heavy atom. The van der Waals surface area contributed by atoms with E-state index in [4.69, 9.17) is 4.74 Å². The molecule has 0 aliphatic carbocycles. The van der Waals surface area contributed by atoms with Crippen LogP contribution in [0.15, 0.2) is 24.3 Å². The predicted octanol–water partition coefficient (Wildman–Crippen LogP) is 1.63. The van der Waals surface area contributed by atoms with E-state index in [1.165, 1.54) is 0 Å². The quantitative estimate of drug-likeness (QED) is 0.835. The number of aromatic amines is 1. The summed E-state index contributed by atoms with van der Waals surface area (Å²) in [5.41, 5.74) is 2.70. The van der Waals surface area contributed by atoms with E-state index in [9.17, 15) is 9.90 Å². The van der Waals surface area contributed by atoms with Crippen LogP contribution in [0.3, 0.4) is 0 Å². The maximum absolute atomic E-state index is 13.0. The van der Waals surface area contributed by atoms with Crippen LogP contribution in [-0.4, -0.2) is 77.8 Å². The minimum atomic E-state index is -0.474. The highest BCUT2D eigenvalue weighted by Gasteiger charge is 2.26. The Morgan fingerprint density at radius 2 is 2.00 bits per heavy atom. The number of nitrogens with one attached hydrogen (secondary N) is 1. The van der Waals surface area contributed by atoms with Crippen molar-refractivity contribution in [2.45, 2.75) is 20.0 Å². The van der Waals surface area contributed by atoms with Gasteiger partial charge in [-0.05, 0) is 19.9 Å². The molecule has 6 nitrogen and oxygen atoms in total. The molecule has 2 N–H and O–H groups in total. The molecule has 25 heavy (non-hydrogen) atoms. The second-order valence-corrected chi connectivity index (χ2v) is 6.58. The number of ether oxygens (including phenoxy) is 1. The lowest BCUT2D eigenvalue weighted by Gasteiger charge is -2.35. The van der Waals surface area contributed by atoms with E-state index in [1.807, 2.05) is 43.0 Å². The van der Waals surface area contributed by atoms with Crippen LogP contribution in [0.2, 0.25) is 0 Å². The van der Waals surface area contributed by atoms with Gasteiger partial charge >= 0.3 is 0 Å². The number of β-amino-alcohol motifs (C(OH)–C–C–N with tert-alkyl or cyclic N) is 1. The zero-order valence-corrected chi connectivity index (χ0v) is 15.0. The number of aliphatic hydroxyl groups excluding tert-OH is 1. The molecule has 1 aliphatic rings. The first kappa shape index (κ1) is 17.9. The number of amides is 1. The Balaban J connectivity index is 1.61. The van der Waals surface area contributed by atoms with Gasteiger partial charge in [-0.25, -0.2) is 0 Å². The number of rotatable bonds is 6. The molecule has 3 rings (SSSR count). The van der Waals surface area contributed by atoms with Crippen molar-refractivity contribution in [1.82, 2.24) is 14.8 Å². The molecule has 0 unspecified atom stereocenters. The van der Waals surface area contributed by atoms with Crippen molar-refractivity contribution >= 4 is 16.8 Å². The summed E-state index contributed by atoms with van der Waals surface area (Å²) >= 11 is 0. The van der Waals surface area contributed by atoms with Crippen molar-refractivity contribution in [2.24, 2.45) is 0 Å². The van der Waals surface area contributed by atoms with Gasteiger partial charge in [-0.3, -0.25) is 9.69 Å². The van der Waals surface area contributed by atoms with E-state index in [-0.39, 0.29) is 5.91 Å². The number of hydrogen-bond acceptors (Lipinski definition) is 4. The number of carbonyl (C=O) groups excluding carboxylic acids is 1. The van der Waals surface area contributed by atoms with Gasteiger partial charge in [0.05, 0.1) is 18.3 Å². The highest BCUT2D eigenvalue weighted by atomic mass is 16.5. The van der Waals surface area contributed by atoms with Gasteiger partial charge in [-0.15, -0.1) is 0 Å². The van der Waals surface area contributed by atoms with Crippen molar-refractivity contribution in [1.29, 1.82) is 0 Å². The standard InChI is InChI=1S/C19H27N3O3/c1-3-25-13-15(23)12-21-8-10-22(11-9-21)19(24)18-14(2)20-17-7-5-4-6-16(17)18/h4-7,15,20,23H,3,8-13H2,1-2H3/t15-/m1/s1. The largest absolute Gasteiger partial charge is 0.389 e. The molecule has 1 saturated heterocycles. The van der Waals surface area contributed by atoms with Gasteiger partial charge in [0.25, 0.3) is 5.91 Å². The molecule has 1 aliphatic heterocycles. The van der Waals surface area contributed by atoms with Crippen molar-refractivity contribution in [2.75, 3.05) is 45.9 Å². The number of hydrogen-bond donors (Lipinski definition) is 2. The number of para-hydroxylation sites is 1. The minimum absolute atomic E-state index is 0.0875. The van der Waals surface area contributed by atoms with Gasteiger partial charge in [-0.2, -0.15) is 0 Å². The van der Waals surface area contributed by atoms with E-state index >= 15 is 0 Å². The summed E-state index contributed by atoms with van der Waals surface area (Å²) in [6, 6.07) is 7.92. The molecule has 1 aromatic heterocycles. The first-order valence-electron chi connectivity index (χ1n) is 8.95. The molecule has 1 atom stereocenters. The molecule has 2 aromatic rings. The smallest absolute Gasteiger partial charge is 0.256 e. The molecule has 0 saturated carbocycles. The van der Waals surface area contributed by atoms with Crippen molar-refractivity contribution < 1.29 is 14.6 Å². The Hall–Kier alpha value is -1.89. The van der Waals surface area contributed by atoms with Crippen molar-refractivity contribution in [3.63, 3.8) is 0 Å². The molecular formula is C19H27N3O3. The molecule has 1 amide bonds. The number of aliphatic hydroxyl groups is 1. The number of fused-ring (bicyclic) bond motifs is 1. The summed E-state index contributed by atoms with van der Waals surface area (Å²) in [4.78, 5) is 20.4. The van der Waals surface area contributed by atoms with Crippen molar-refractivity contribution in [3.05, 3.63) is 35.5 Å². The number of aryl methyl sites for hydroxylation is 1. The van der Waals surface area contributed by atoms with Gasteiger partial charge in [-0.1, -0.05) is 18.2 Å². The number of aromatic nitrogens is 1. The number of benzene rings is 1. The topological polar surface area (TPSA) is 68.8 Å². The Bertz CT molecular complexity index is 720. The van der Waals surface area contributed by atoms with Crippen LogP contribution in [-0.2, 0) is 4.74 Å². The Labute approximate surface area is 148 Å². The Morgan fingerprint density at radius 1 is 1.28 bits per heavy atom. The predicted molar refractivity (Wildman–Crippen MR) is 97.9 cm³/mol. The lowest BCUT2D eigenvalue weighted by Crippen LogP contribution is -2.50. The second kappa shape index (κ2) is 7.99. The van der Waals surface area contributed by atoms with E-state index in [2.05, 4.69) is 9.88 Å². The monoisotopic (exact) mass is 345 g/mol. The lowest BCUT2D eigenvalue weighted by molar-refractivity contribution is 0.0111. The minimum Gasteiger partial charge on any atom is -0.389 e. The molecule has 1 fully saturated rings. The van der Waals surface area contributed by atoms with Crippen LogP contribution in [0.25, 0.3) is 10.9 Å². The van der Waals surface area contributed by atoms with Crippen LogP contribution in [0.1, 0.15) is 23.0 Å². The van der Waals surface area contributed by atoms with Crippen LogP contribution < -0.4 is 0 Å². The van der Waals surface area contributed by atoms with Gasteiger partial charge in [0.2, 0.25) is 0 Å². The van der Waals surface area contributed by atoms with Gasteiger partial charge in [0.1, 0.15) is 0 Å². The average Bonchev–Trinajstić information content (AvgIpc) is 2.95. The highest BCUT2D eigenvalue weighted by Crippen LogP contribution is 2.23. The Kier molecular flexibility index (Phi) is 5.73. The number of carbonyl (C=O) groups is 1. The SMILES string of the molecule is CCOC[C@H](O)CN1CCN(C(=O)c2c(C)[nH]c3ccccc23)CC1. The summed E-state index contributed by atoms with van der Waals surface area (Å²) in [6.45, 7) is 8.35. The summed E-state index contributed by atoms with van der Waals surface area (Å²) < 4.78 is 5.25. The summed E-state index contributed by atoms with van der Waals surface area (Å²) in [6.07, 6.45) is -0.474. The first-order chi connectivity index (χ1) is 12.1. The molecule has 6 heteroatoms. The summed E-state index contributed by atoms with van der Waals surface area (Å²) in [7, 11) is 0. The first-order valence-corrected chi connectivity index (χ1v) is 8.95. The maximum atomic E-state index is 13.0. The zero-order valence-electron chi connectivity index (χ0n) is 15.0. The number of H-pyrrole nitrogens is 1. The summed E-state index contributed by atoms with van der Waals surface area (Å²) in [5, 5.41) is 10.9. The molecule has 0 bridgehead atoms. The maximum Gasteiger partial charge on any atom is 0.256 e. The second-order valence-electron chi connectivity index (χ2n) is 6.58. The number of nitrogens with zero attached hydrogens (tertiary/aromatic N) is 2. The third-order valence-corrected chi connectivity index (χ3v) is 4.75. The highest BCUT2D eigenvalue weighted by molar-refractivity contribution is 6.08.